The zero-order valence-corrected chi connectivity index (χ0v) is 15.2. The molecule has 0 radical (unpaired) electrons. The van der Waals surface area contributed by atoms with Crippen molar-refractivity contribution in [1.82, 2.24) is 9.63 Å². The van der Waals surface area contributed by atoms with Crippen molar-refractivity contribution in [3.63, 3.8) is 0 Å². The van der Waals surface area contributed by atoms with Gasteiger partial charge in [-0.3, -0.25) is 8.65 Å². The Bertz CT molecular complexity index is 987. The fourth-order valence-electron chi connectivity index (χ4n) is 2.00. The summed E-state index contributed by atoms with van der Waals surface area (Å²) in [6.07, 6.45) is 1.33. The minimum Gasteiger partial charge on any atom is -0.772 e. The van der Waals surface area contributed by atoms with Gasteiger partial charge in [0.15, 0.2) is 5.58 Å². The quantitative estimate of drug-likeness (QED) is 0.336. The van der Waals surface area contributed by atoms with E-state index in [9.17, 15) is 35.2 Å². The highest BCUT2D eigenvalue weighted by Crippen LogP contribution is 2.26. The zero-order valence-electron chi connectivity index (χ0n) is 13.5. The fourth-order valence-corrected chi connectivity index (χ4v) is 3.58. The molecule has 0 spiro atoms. The second-order valence-electron chi connectivity index (χ2n) is 5.34. The standard InChI is InChI=1S/C13H14F3N2O7S2/c14-13(15,16)27(22,23)18(19)6-2-1-3-7-24-26(20,21)11-4-5-12-10(8-11)9-17-25-12/h4-5,8-9H,1-3,6-7H2/q-1. The molecule has 1 aromatic heterocycles. The summed E-state index contributed by atoms with van der Waals surface area (Å²) in [5.74, 6) is 0. The average Bonchev–Trinajstić information content (AvgIpc) is 3.04. The number of halogens is 3. The maximum Gasteiger partial charge on any atom is 0.510 e. The number of alkyl halides is 3. The van der Waals surface area contributed by atoms with Crippen LogP contribution < -0.4 is 0 Å². The topological polar surface area (TPSA) is 130 Å². The van der Waals surface area contributed by atoms with Crippen LogP contribution in [0.4, 0.5) is 13.2 Å². The van der Waals surface area contributed by atoms with E-state index in [1.807, 2.05) is 0 Å². The first-order valence-corrected chi connectivity index (χ1v) is 10.3. The molecule has 1 aromatic carbocycles. The van der Waals surface area contributed by atoms with Crippen molar-refractivity contribution in [2.75, 3.05) is 13.2 Å². The Morgan fingerprint density at radius 2 is 1.85 bits per heavy atom. The number of rotatable bonds is 9. The predicted octanol–water partition coefficient (Wildman–Crippen LogP) is 2.35. The van der Waals surface area contributed by atoms with Gasteiger partial charge in [-0.15, -0.1) is 0 Å². The van der Waals surface area contributed by atoms with Crippen molar-refractivity contribution in [1.29, 1.82) is 0 Å². The van der Waals surface area contributed by atoms with Gasteiger partial charge in [-0.25, -0.2) is 8.42 Å². The van der Waals surface area contributed by atoms with Gasteiger partial charge in [0.1, 0.15) is 0 Å². The molecule has 0 aliphatic heterocycles. The van der Waals surface area contributed by atoms with Crippen molar-refractivity contribution in [2.24, 2.45) is 0 Å². The smallest absolute Gasteiger partial charge is 0.510 e. The number of hydroxylamine groups is 1. The van der Waals surface area contributed by atoms with Gasteiger partial charge >= 0.3 is 15.5 Å². The summed E-state index contributed by atoms with van der Waals surface area (Å²) in [4.78, 5) is -0.125. The molecule has 9 nitrogen and oxygen atoms in total. The Labute approximate surface area is 152 Å². The lowest BCUT2D eigenvalue weighted by Crippen LogP contribution is -2.37. The Hall–Kier alpha value is -1.74. The van der Waals surface area contributed by atoms with E-state index in [0.717, 1.165) is 0 Å². The number of fused-ring (bicyclic) bond motifs is 1. The summed E-state index contributed by atoms with van der Waals surface area (Å²) in [6, 6.07) is 3.97. The normalized spacial score (nSPS) is 13.5. The second kappa shape index (κ2) is 8.10. The molecule has 0 atom stereocenters. The van der Waals surface area contributed by atoms with E-state index >= 15 is 0 Å². The van der Waals surface area contributed by atoms with Gasteiger partial charge in [0.25, 0.3) is 10.1 Å². The minimum absolute atomic E-state index is 0.0896. The minimum atomic E-state index is -5.90. The second-order valence-corrected chi connectivity index (χ2v) is 8.78. The van der Waals surface area contributed by atoms with E-state index < -0.39 is 36.7 Å². The molecule has 0 aliphatic carbocycles. The SMILES string of the molecule is O=S(=O)(OCCCCCN([O-])S(=O)(=O)C(F)(F)F)c1ccc2oncc2c1. The van der Waals surface area contributed by atoms with E-state index in [4.69, 9.17) is 8.71 Å². The number of hydrogen-bond donors (Lipinski definition) is 0. The number of unbranched alkanes of at least 4 members (excludes halogenated alkanes) is 2. The van der Waals surface area contributed by atoms with Gasteiger partial charge in [-0.05, 0) is 37.5 Å². The van der Waals surface area contributed by atoms with Crippen LogP contribution in [-0.4, -0.2) is 45.1 Å². The third-order valence-corrected chi connectivity index (χ3v) is 6.01. The van der Waals surface area contributed by atoms with Crippen LogP contribution in [0.15, 0.2) is 33.8 Å². The fraction of sp³-hybridized carbons (Fsp3) is 0.462. The molecule has 1 heterocycles. The Balaban J connectivity index is 1.78. The Kier molecular flexibility index (Phi) is 6.47. The molecule has 0 fully saturated rings. The van der Waals surface area contributed by atoms with E-state index in [2.05, 4.69) is 5.16 Å². The number of aromatic nitrogens is 1. The summed E-state index contributed by atoms with van der Waals surface area (Å²) < 4.78 is 90.8. The third kappa shape index (κ3) is 5.16. The van der Waals surface area contributed by atoms with Crippen LogP contribution in [0.25, 0.3) is 11.0 Å². The van der Waals surface area contributed by atoms with Crippen LogP contribution in [0.2, 0.25) is 0 Å². The van der Waals surface area contributed by atoms with Crippen LogP contribution >= 0.6 is 0 Å². The highest BCUT2D eigenvalue weighted by Gasteiger charge is 2.46. The number of sulfonamides is 1. The summed E-state index contributed by atoms with van der Waals surface area (Å²) in [5.41, 5.74) is -5.26. The first-order valence-electron chi connectivity index (χ1n) is 7.45. The van der Waals surface area contributed by atoms with Gasteiger partial charge in [0.2, 0.25) is 0 Å². The van der Waals surface area contributed by atoms with Crippen molar-refractivity contribution in [2.45, 2.75) is 29.7 Å². The van der Waals surface area contributed by atoms with Gasteiger partial charge in [0, 0.05) is 11.9 Å². The molecule has 0 saturated heterocycles. The van der Waals surface area contributed by atoms with Crippen molar-refractivity contribution in [3.05, 3.63) is 29.6 Å². The first kappa shape index (κ1) is 21.6. The van der Waals surface area contributed by atoms with E-state index in [1.165, 1.54) is 24.4 Å². The molecule has 0 bridgehead atoms. The van der Waals surface area contributed by atoms with Crippen LogP contribution in [-0.2, 0) is 24.3 Å². The van der Waals surface area contributed by atoms with Crippen LogP contribution in [0.3, 0.4) is 0 Å². The molecule has 0 saturated carbocycles. The van der Waals surface area contributed by atoms with Crippen molar-refractivity contribution in [3.8, 4) is 0 Å². The van der Waals surface area contributed by atoms with E-state index in [0.29, 0.717) is 11.0 Å². The molecule has 2 aromatic rings. The highest BCUT2D eigenvalue weighted by atomic mass is 32.2. The molecule has 27 heavy (non-hydrogen) atoms. The molecule has 0 N–H and O–H groups in total. The Morgan fingerprint density at radius 3 is 2.52 bits per heavy atom. The summed E-state index contributed by atoms with van der Waals surface area (Å²) >= 11 is 0. The number of hydrogen-bond acceptors (Lipinski definition) is 8. The lowest BCUT2D eigenvalue weighted by atomic mass is 10.2. The molecular formula is C13H14F3N2O7S2-. The monoisotopic (exact) mass is 431 g/mol. The van der Waals surface area contributed by atoms with Crippen LogP contribution in [0.5, 0.6) is 0 Å². The number of nitrogens with zero attached hydrogens (tertiary/aromatic N) is 2. The summed E-state index contributed by atoms with van der Waals surface area (Å²) in [5, 5.41) is 15.0. The highest BCUT2D eigenvalue weighted by molar-refractivity contribution is 7.90. The molecule has 0 aliphatic rings. The summed E-state index contributed by atoms with van der Waals surface area (Å²) in [7, 11) is -9.97. The van der Waals surface area contributed by atoms with Crippen molar-refractivity contribution >= 4 is 31.1 Å². The largest absolute Gasteiger partial charge is 0.772 e. The molecule has 14 heteroatoms. The first-order chi connectivity index (χ1) is 12.4. The zero-order chi connectivity index (χ0) is 20.3. The van der Waals surface area contributed by atoms with Gasteiger partial charge < -0.3 is 9.73 Å². The molecular weight excluding hydrogens is 417 g/mol. The molecule has 0 unspecified atom stereocenters. The van der Waals surface area contributed by atoms with Crippen LogP contribution in [0, 0.1) is 5.21 Å². The Morgan fingerprint density at radius 1 is 1.15 bits per heavy atom. The predicted molar refractivity (Wildman–Crippen MR) is 86.0 cm³/mol. The number of benzene rings is 1. The van der Waals surface area contributed by atoms with Gasteiger partial charge in [-0.2, -0.15) is 21.6 Å². The van der Waals surface area contributed by atoms with Gasteiger partial charge in [-0.1, -0.05) is 5.16 Å². The maximum atomic E-state index is 12.2. The molecule has 2 rings (SSSR count). The lowest BCUT2D eigenvalue weighted by molar-refractivity contribution is -0.0477. The molecule has 0 amide bonds. The lowest BCUT2D eigenvalue weighted by Gasteiger charge is -2.27. The average molecular weight is 431 g/mol. The maximum absolute atomic E-state index is 12.2. The third-order valence-electron chi connectivity index (χ3n) is 3.40. The van der Waals surface area contributed by atoms with Crippen molar-refractivity contribution < 1.29 is 38.7 Å². The van der Waals surface area contributed by atoms with E-state index in [1.54, 1.807) is 0 Å². The van der Waals surface area contributed by atoms with E-state index in [-0.39, 0.29) is 30.8 Å². The molecule has 152 valence electrons. The van der Waals surface area contributed by atoms with Crippen LogP contribution in [0.1, 0.15) is 19.3 Å². The van der Waals surface area contributed by atoms with Gasteiger partial charge in [0.05, 0.1) is 17.7 Å². The summed E-state index contributed by atoms with van der Waals surface area (Å²) in [6.45, 7) is -1.17.